The summed E-state index contributed by atoms with van der Waals surface area (Å²) >= 11 is 0. The molecular formula is C34H33F3N4O3. The molecule has 3 aromatic carbocycles. The molecule has 7 nitrogen and oxygen atoms in total. The molecule has 0 spiro atoms. The van der Waals surface area contributed by atoms with Gasteiger partial charge in [-0.15, -0.1) is 6.42 Å². The Labute approximate surface area is 253 Å². The number of hydrogen-bond donors (Lipinski definition) is 1. The zero-order chi connectivity index (χ0) is 30.7. The topological polar surface area (TPSA) is 71.0 Å². The highest BCUT2D eigenvalue weighted by molar-refractivity contribution is 6.05. The van der Waals surface area contributed by atoms with Gasteiger partial charge in [-0.3, -0.25) is 4.90 Å². The Morgan fingerprint density at radius 1 is 1.20 bits per heavy atom. The second-order valence-corrected chi connectivity index (χ2v) is 12.2. The molecule has 0 saturated carbocycles. The lowest BCUT2D eigenvalue weighted by Gasteiger charge is -2.34. The van der Waals surface area contributed by atoms with E-state index in [1.54, 1.807) is 30.3 Å². The van der Waals surface area contributed by atoms with E-state index in [0.29, 0.717) is 46.3 Å². The van der Waals surface area contributed by atoms with Crippen LogP contribution in [0.25, 0.3) is 32.8 Å². The van der Waals surface area contributed by atoms with Gasteiger partial charge in [-0.2, -0.15) is 9.97 Å². The Kier molecular flexibility index (Phi) is 7.06. The van der Waals surface area contributed by atoms with Crippen LogP contribution in [0.4, 0.5) is 19.0 Å². The minimum atomic E-state index is -0.930. The maximum Gasteiger partial charge on any atom is 0.319 e. The van der Waals surface area contributed by atoms with E-state index in [0.717, 1.165) is 19.4 Å². The van der Waals surface area contributed by atoms with Gasteiger partial charge in [0.2, 0.25) is 0 Å². The molecule has 228 valence electrons. The molecule has 4 atom stereocenters. The van der Waals surface area contributed by atoms with E-state index in [1.165, 1.54) is 6.07 Å². The third-order valence-electron chi connectivity index (χ3n) is 9.43. The summed E-state index contributed by atoms with van der Waals surface area (Å²) in [5.41, 5.74) is 0.0909. The Balaban J connectivity index is 1.44. The van der Waals surface area contributed by atoms with Gasteiger partial charge in [0.05, 0.1) is 35.2 Å². The number of alkyl halides is 1. The van der Waals surface area contributed by atoms with Gasteiger partial charge in [0.15, 0.2) is 5.82 Å². The van der Waals surface area contributed by atoms with Crippen molar-refractivity contribution in [2.24, 2.45) is 0 Å². The Morgan fingerprint density at radius 2 is 2.05 bits per heavy atom. The van der Waals surface area contributed by atoms with Gasteiger partial charge in [0.1, 0.15) is 42.3 Å². The average Bonchev–Trinajstić information content (AvgIpc) is 3.50. The quantitative estimate of drug-likeness (QED) is 0.287. The molecule has 7 rings (SSSR count). The highest BCUT2D eigenvalue weighted by Crippen LogP contribution is 2.45. The fourth-order valence-electron chi connectivity index (χ4n) is 7.37. The van der Waals surface area contributed by atoms with Crippen LogP contribution in [-0.2, 0) is 0 Å². The lowest BCUT2D eigenvalue weighted by molar-refractivity contribution is 0.107. The Bertz CT molecular complexity index is 1830. The number of ether oxygens (including phenoxy) is 2. The molecule has 0 bridgehead atoms. The first-order valence-corrected chi connectivity index (χ1v) is 15.0. The largest absolute Gasteiger partial charge is 0.491 e. The second kappa shape index (κ2) is 10.8. The maximum absolute atomic E-state index is 16.9. The summed E-state index contributed by atoms with van der Waals surface area (Å²) < 4.78 is 58.7. The van der Waals surface area contributed by atoms with Crippen LogP contribution in [-0.4, -0.2) is 76.7 Å². The second-order valence-electron chi connectivity index (χ2n) is 12.2. The van der Waals surface area contributed by atoms with Crippen molar-refractivity contribution in [3.05, 3.63) is 53.6 Å². The molecule has 4 aromatic rings. The summed E-state index contributed by atoms with van der Waals surface area (Å²) in [6.45, 7) is 5.18. The van der Waals surface area contributed by atoms with Crippen LogP contribution in [0.15, 0.2) is 36.4 Å². The van der Waals surface area contributed by atoms with E-state index in [-0.39, 0.29) is 54.6 Å². The first kappa shape index (κ1) is 28.7. The zero-order valence-electron chi connectivity index (χ0n) is 24.6. The molecule has 2 saturated heterocycles. The van der Waals surface area contributed by atoms with Crippen molar-refractivity contribution in [1.82, 2.24) is 14.9 Å². The Morgan fingerprint density at radius 3 is 2.84 bits per heavy atom. The van der Waals surface area contributed by atoms with Gasteiger partial charge in [-0.25, -0.2) is 13.2 Å². The summed E-state index contributed by atoms with van der Waals surface area (Å²) in [5, 5.41) is 11.6. The van der Waals surface area contributed by atoms with Crippen molar-refractivity contribution < 1.29 is 27.8 Å². The summed E-state index contributed by atoms with van der Waals surface area (Å²) in [6, 6.07) is 9.08. The summed E-state index contributed by atoms with van der Waals surface area (Å²) in [5.74, 6) is 1.92. The van der Waals surface area contributed by atoms with Crippen LogP contribution < -0.4 is 14.4 Å². The lowest BCUT2D eigenvalue weighted by Crippen LogP contribution is -2.45. The summed E-state index contributed by atoms with van der Waals surface area (Å²) in [4.78, 5) is 13.4. The van der Waals surface area contributed by atoms with Crippen molar-refractivity contribution in [3.63, 3.8) is 0 Å². The van der Waals surface area contributed by atoms with Crippen molar-refractivity contribution in [3.8, 4) is 35.2 Å². The third kappa shape index (κ3) is 4.44. The average molecular weight is 603 g/mol. The number of aliphatic hydroxyl groups is 1. The standard InChI is InChI=1S/C34H33F3N4O3/c1-4-23-26(36)10-9-21-7-5-8-24(28(21)23)25-13-27-29-31(30(25)37)38-33(39-32(29)41(19(2)16-42)20(3)17-43-27)44-18-34-11-6-12-40(34)15-22(35)14-34/h1,5,7-10,13,19-20,22,42H,6,11-12,14-18H2,2-3H3/t19-,20-,22+,34-/m0/s1. The van der Waals surface area contributed by atoms with Crippen molar-refractivity contribution in [1.29, 1.82) is 0 Å². The van der Waals surface area contributed by atoms with Gasteiger partial charge in [0, 0.05) is 23.9 Å². The van der Waals surface area contributed by atoms with Crippen LogP contribution in [0, 0.1) is 24.0 Å². The number of benzene rings is 3. The number of halogens is 3. The molecule has 0 unspecified atom stereocenters. The number of aromatic nitrogens is 2. The van der Waals surface area contributed by atoms with E-state index in [2.05, 4.69) is 15.8 Å². The molecule has 0 amide bonds. The lowest BCUT2D eigenvalue weighted by atomic mass is 9.93. The first-order chi connectivity index (χ1) is 21.2. The molecule has 4 heterocycles. The van der Waals surface area contributed by atoms with Crippen LogP contribution in [0.2, 0.25) is 0 Å². The van der Waals surface area contributed by atoms with E-state index >= 15 is 4.39 Å². The van der Waals surface area contributed by atoms with Crippen molar-refractivity contribution in [2.75, 3.05) is 37.8 Å². The van der Waals surface area contributed by atoms with Crippen LogP contribution >= 0.6 is 0 Å². The smallest absolute Gasteiger partial charge is 0.319 e. The molecule has 0 radical (unpaired) electrons. The van der Waals surface area contributed by atoms with Gasteiger partial charge < -0.3 is 19.5 Å². The molecule has 3 aliphatic rings. The van der Waals surface area contributed by atoms with Crippen LogP contribution in [0.1, 0.15) is 38.7 Å². The number of hydrogen-bond acceptors (Lipinski definition) is 7. The minimum Gasteiger partial charge on any atom is -0.491 e. The van der Waals surface area contributed by atoms with E-state index in [4.69, 9.17) is 20.9 Å². The monoisotopic (exact) mass is 602 g/mol. The minimum absolute atomic E-state index is 0.0343. The first-order valence-electron chi connectivity index (χ1n) is 15.0. The highest BCUT2D eigenvalue weighted by Gasteiger charge is 2.49. The van der Waals surface area contributed by atoms with Gasteiger partial charge >= 0.3 is 6.01 Å². The summed E-state index contributed by atoms with van der Waals surface area (Å²) in [7, 11) is 0. The van der Waals surface area contributed by atoms with Gasteiger partial charge in [-0.1, -0.05) is 30.2 Å². The fraction of sp³-hybridized carbons (Fsp3) is 0.412. The number of fused-ring (bicyclic) bond motifs is 2. The zero-order valence-corrected chi connectivity index (χ0v) is 24.6. The van der Waals surface area contributed by atoms with Gasteiger partial charge in [-0.05, 0) is 56.3 Å². The van der Waals surface area contributed by atoms with Crippen molar-refractivity contribution in [2.45, 2.75) is 56.9 Å². The molecule has 1 aromatic heterocycles. The molecule has 10 heteroatoms. The summed E-state index contributed by atoms with van der Waals surface area (Å²) in [6.07, 6.45) is 6.90. The van der Waals surface area contributed by atoms with E-state index < -0.39 is 23.3 Å². The number of nitrogens with zero attached hydrogens (tertiary/aromatic N) is 4. The number of aliphatic hydroxyl groups excluding tert-OH is 1. The van der Waals surface area contributed by atoms with Crippen LogP contribution in [0.3, 0.4) is 0 Å². The highest BCUT2D eigenvalue weighted by atomic mass is 19.1. The predicted molar refractivity (Wildman–Crippen MR) is 163 cm³/mol. The molecule has 44 heavy (non-hydrogen) atoms. The van der Waals surface area contributed by atoms with E-state index in [9.17, 15) is 13.9 Å². The fourth-order valence-corrected chi connectivity index (χ4v) is 7.37. The molecule has 1 N–H and O–H groups in total. The normalized spacial score (nSPS) is 23.8. The maximum atomic E-state index is 16.9. The van der Waals surface area contributed by atoms with Crippen LogP contribution in [0.5, 0.6) is 11.8 Å². The molecule has 0 aliphatic carbocycles. The Hall–Kier alpha value is -4.07. The number of anilines is 1. The number of terminal acetylenes is 1. The molecular weight excluding hydrogens is 569 g/mol. The number of rotatable bonds is 6. The predicted octanol–water partition coefficient (Wildman–Crippen LogP) is 5.63. The van der Waals surface area contributed by atoms with Gasteiger partial charge in [0.25, 0.3) is 0 Å². The van der Waals surface area contributed by atoms with E-state index in [1.807, 2.05) is 18.7 Å². The van der Waals surface area contributed by atoms with Crippen molar-refractivity contribution >= 4 is 27.5 Å². The molecule has 3 aliphatic heterocycles. The SMILES string of the molecule is C#Cc1c(F)ccc2cccc(-c3cc4c5c(nc(OC[C@@]67CCCN6C[C@H](F)C7)nc5c3F)N([C@@H](C)CO)[C@@H](C)CO4)c12. The third-order valence-corrected chi connectivity index (χ3v) is 9.43. The molecule has 2 fully saturated rings.